The third kappa shape index (κ3) is 3.02. The Labute approximate surface area is 139 Å². The summed E-state index contributed by atoms with van der Waals surface area (Å²) in [6, 6.07) is 7.15. The van der Waals surface area contributed by atoms with Crippen LogP contribution in [0.25, 0.3) is 0 Å². The molecule has 4 amide bonds. The van der Waals surface area contributed by atoms with Crippen molar-refractivity contribution in [3.8, 4) is 0 Å². The third-order valence-electron chi connectivity index (χ3n) is 4.28. The zero-order valence-electron chi connectivity index (χ0n) is 12.8. The lowest BCUT2D eigenvalue weighted by Crippen LogP contribution is -3.16. The third-order valence-corrected chi connectivity index (χ3v) is 4.51. The van der Waals surface area contributed by atoms with Gasteiger partial charge in [-0.3, -0.25) is 14.5 Å². The zero-order valence-corrected chi connectivity index (χ0v) is 13.5. The molecule has 2 aliphatic heterocycles. The Bertz CT molecular complexity index is 658. The van der Waals surface area contributed by atoms with Crippen LogP contribution >= 0.6 is 11.6 Å². The van der Waals surface area contributed by atoms with Gasteiger partial charge in [-0.05, 0) is 18.2 Å². The number of benzene rings is 1. The first kappa shape index (κ1) is 15.8. The Balaban J connectivity index is 1.59. The number of amides is 4. The summed E-state index contributed by atoms with van der Waals surface area (Å²) in [6.07, 6.45) is 0. The number of quaternary nitrogens is 1. The Kier molecular flexibility index (Phi) is 4.23. The Morgan fingerprint density at radius 3 is 2.39 bits per heavy atom. The van der Waals surface area contributed by atoms with Crippen LogP contribution in [0.1, 0.15) is 0 Å². The van der Waals surface area contributed by atoms with E-state index in [0.29, 0.717) is 5.02 Å². The van der Waals surface area contributed by atoms with E-state index in [9.17, 15) is 14.4 Å². The number of piperazine rings is 1. The number of carbonyl (C=O) groups is 3. The van der Waals surface area contributed by atoms with Gasteiger partial charge in [-0.15, -0.1) is 0 Å². The Morgan fingerprint density at radius 2 is 1.83 bits per heavy atom. The van der Waals surface area contributed by atoms with Gasteiger partial charge in [0.05, 0.1) is 26.2 Å². The number of halogens is 1. The first-order valence-corrected chi connectivity index (χ1v) is 7.83. The van der Waals surface area contributed by atoms with Crippen LogP contribution in [0.2, 0.25) is 5.02 Å². The van der Waals surface area contributed by atoms with E-state index in [1.807, 2.05) is 24.3 Å². The molecule has 2 heterocycles. The van der Waals surface area contributed by atoms with Crippen molar-refractivity contribution in [3.05, 3.63) is 29.3 Å². The molecule has 2 fully saturated rings. The van der Waals surface area contributed by atoms with Crippen LogP contribution in [-0.2, 0) is 9.59 Å². The van der Waals surface area contributed by atoms with Crippen LogP contribution in [-0.4, -0.2) is 67.5 Å². The highest BCUT2D eigenvalue weighted by Gasteiger charge is 2.44. The summed E-state index contributed by atoms with van der Waals surface area (Å²) in [5.41, 5.74) is 1.07. The average molecular weight is 338 g/mol. The van der Waals surface area contributed by atoms with Crippen molar-refractivity contribution in [2.45, 2.75) is 0 Å². The number of likely N-dealkylation sites (N-methyl/N-ethyl adjacent to an activating group) is 1. The van der Waals surface area contributed by atoms with Crippen molar-refractivity contribution in [2.75, 3.05) is 44.8 Å². The van der Waals surface area contributed by atoms with Gasteiger partial charge >= 0.3 is 17.8 Å². The number of nitrogens with one attached hydrogen (secondary N) is 1. The number of carbonyl (C=O) groups excluding carboxylic acids is 3. The van der Waals surface area contributed by atoms with E-state index in [1.54, 1.807) is 0 Å². The molecular formula is C15H18ClN4O3+. The second-order valence-electron chi connectivity index (χ2n) is 5.75. The number of hydrogen-bond donors (Lipinski definition) is 1. The van der Waals surface area contributed by atoms with Gasteiger partial charge in [0.1, 0.15) is 0 Å². The molecule has 0 radical (unpaired) electrons. The monoisotopic (exact) mass is 337 g/mol. The van der Waals surface area contributed by atoms with Crippen LogP contribution in [0, 0.1) is 0 Å². The maximum atomic E-state index is 11.9. The van der Waals surface area contributed by atoms with E-state index < -0.39 is 17.8 Å². The normalized spacial score (nSPS) is 19.9. The van der Waals surface area contributed by atoms with Crippen LogP contribution < -0.4 is 9.80 Å². The molecule has 8 heteroatoms. The number of anilines is 1. The molecular weight excluding hydrogens is 320 g/mol. The molecule has 0 spiro atoms. The van der Waals surface area contributed by atoms with E-state index in [4.69, 9.17) is 11.6 Å². The SMILES string of the molecule is CN1C(=O)C(=O)N(C[NH+]2CCN(c3cccc(Cl)c3)CC2)C1=O. The molecule has 0 unspecified atom stereocenters. The minimum atomic E-state index is -0.757. The smallest absolute Gasteiger partial charge is 0.338 e. The number of nitrogens with zero attached hydrogens (tertiary/aromatic N) is 3. The van der Waals surface area contributed by atoms with E-state index in [1.165, 1.54) is 7.05 Å². The quantitative estimate of drug-likeness (QED) is 0.592. The molecule has 2 aliphatic rings. The summed E-state index contributed by atoms with van der Waals surface area (Å²) in [6.45, 7) is 3.39. The highest BCUT2D eigenvalue weighted by Crippen LogP contribution is 2.19. The lowest BCUT2D eigenvalue weighted by molar-refractivity contribution is -0.907. The van der Waals surface area contributed by atoms with Crippen molar-refractivity contribution in [2.24, 2.45) is 0 Å². The molecule has 0 aromatic heterocycles. The zero-order chi connectivity index (χ0) is 16.6. The predicted molar refractivity (Wildman–Crippen MR) is 84.2 cm³/mol. The summed E-state index contributed by atoms with van der Waals surface area (Å²) in [4.78, 5) is 40.4. The lowest BCUT2D eigenvalue weighted by Gasteiger charge is -2.34. The minimum Gasteiger partial charge on any atom is -0.360 e. The van der Waals surface area contributed by atoms with Gasteiger partial charge in [0.25, 0.3) is 0 Å². The number of rotatable bonds is 3. The van der Waals surface area contributed by atoms with Crippen LogP contribution in [0.5, 0.6) is 0 Å². The van der Waals surface area contributed by atoms with Crippen molar-refractivity contribution in [1.82, 2.24) is 9.80 Å². The molecule has 0 atom stereocenters. The van der Waals surface area contributed by atoms with Gasteiger partial charge in [-0.1, -0.05) is 17.7 Å². The summed E-state index contributed by atoms with van der Waals surface area (Å²) in [5, 5.41) is 0.701. The fraction of sp³-hybridized carbons (Fsp3) is 0.400. The summed E-state index contributed by atoms with van der Waals surface area (Å²) < 4.78 is 0. The molecule has 0 saturated carbocycles. The Hall–Kier alpha value is -2.12. The van der Waals surface area contributed by atoms with Crippen LogP contribution in [0.15, 0.2) is 24.3 Å². The first-order valence-electron chi connectivity index (χ1n) is 7.45. The largest absolute Gasteiger partial charge is 0.360 e. The lowest BCUT2D eigenvalue weighted by atomic mass is 10.2. The number of hydrogen-bond acceptors (Lipinski definition) is 4. The van der Waals surface area contributed by atoms with Crippen molar-refractivity contribution in [1.29, 1.82) is 0 Å². The number of urea groups is 1. The summed E-state index contributed by atoms with van der Waals surface area (Å²) in [5.74, 6) is -1.49. The molecule has 3 rings (SSSR count). The van der Waals surface area contributed by atoms with Crippen LogP contribution in [0.4, 0.5) is 10.5 Å². The van der Waals surface area contributed by atoms with Gasteiger partial charge < -0.3 is 9.80 Å². The van der Waals surface area contributed by atoms with E-state index in [2.05, 4.69) is 4.90 Å². The minimum absolute atomic E-state index is 0.233. The molecule has 7 nitrogen and oxygen atoms in total. The molecule has 2 saturated heterocycles. The van der Waals surface area contributed by atoms with E-state index >= 15 is 0 Å². The fourth-order valence-corrected chi connectivity index (χ4v) is 3.07. The van der Waals surface area contributed by atoms with Gasteiger partial charge in [0.15, 0.2) is 6.67 Å². The maximum Gasteiger partial charge on any atom is 0.338 e. The maximum absolute atomic E-state index is 11.9. The number of imide groups is 2. The first-order chi connectivity index (χ1) is 11.0. The molecule has 1 aromatic rings. The molecule has 23 heavy (non-hydrogen) atoms. The molecule has 122 valence electrons. The molecule has 0 aliphatic carbocycles. The van der Waals surface area contributed by atoms with E-state index in [0.717, 1.165) is 46.6 Å². The Morgan fingerprint density at radius 1 is 1.13 bits per heavy atom. The van der Waals surface area contributed by atoms with Crippen molar-refractivity contribution >= 4 is 35.1 Å². The molecule has 1 aromatic carbocycles. The van der Waals surface area contributed by atoms with Crippen molar-refractivity contribution < 1.29 is 19.3 Å². The van der Waals surface area contributed by atoms with Gasteiger partial charge in [-0.25, -0.2) is 9.69 Å². The summed E-state index contributed by atoms with van der Waals surface area (Å²) >= 11 is 6.02. The van der Waals surface area contributed by atoms with Gasteiger partial charge in [0.2, 0.25) is 0 Å². The van der Waals surface area contributed by atoms with Gasteiger partial charge in [0, 0.05) is 17.8 Å². The van der Waals surface area contributed by atoms with Crippen LogP contribution in [0.3, 0.4) is 0 Å². The second kappa shape index (κ2) is 6.17. The highest BCUT2D eigenvalue weighted by molar-refractivity contribution is 6.44. The van der Waals surface area contributed by atoms with Gasteiger partial charge in [-0.2, -0.15) is 0 Å². The second-order valence-corrected chi connectivity index (χ2v) is 6.19. The summed E-state index contributed by atoms with van der Waals surface area (Å²) in [7, 11) is 1.33. The standard InChI is InChI=1S/C15H17ClN4O3/c1-17-13(21)14(22)20(15(17)23)10-18-5-7-19(8-6-18)12-4-2-3-11(16)9-12/h2-4,9H,5-8,10H2,1H3/p+1. The fourth-order valence-electron chi connectivity index (χ4n) is 2.89. The molecule has 1 N–H and O–H groups in total. The predicted octanol–water partition coefficient (Wildman–Crippen LogP) is -0.577. The van der Waals surface area contributed by atoms with Crippen molar-refractivity contribution in [3.63, 3.8) is 0 Å². The molecule has 0 bridgehead atoms. The topological polar surface area (TPSA) is 65.4 Å². The average Bonchev–Trinajstić information content (AvgIpc) is 2.73. The highest BCUT2D eigenvalue weighted by atomic mass is 35.5. The van der Waals surface area contributed by atoms with E-state index in [-0.39, 0.29) is 6.67 Å².